The molecule has 1 heterocycles. The predicted octanol–water partition coefficient (Wildman–Crippen LogP) is 6.33. The molecule has 0 spiro atoms. The fourth-order valence-corrected chi connectivity index (χ4v) is 3.94. The number of carbonyl (C=O) groups excluding carboxylic acids is 2. The van der Waals surface area contributed by atoms with Crippen LogP contribution in [0.4, 0.5) is 5.69 Å². The average molecular weight is 462 g/mol. The molecule has 0 saturated heterocycles. The number of carbonyl (C=O) groups is 2. The fraction of sp³-hybridized carbons (Fsp3) is 0.185. The van der Waals surface area contributed by atoms with E-state index in [1.807, 2.05) is 24.3 Å². The largest absolute Gasteiger partial charge is 0.452 e. The Hall–Kier alpha value is -3.57. The zero-order valence-electron chi connectivity index (χ0n) is 18.7. The van der Waals surface area contributed by atoms with Crippen LogP contribution in [0.5, 0.6) is 11.5 Å². The molecule has 33 heavy (non-hydrogen) atoms. The molecule has 1 aliphatic heterocycles. The normalized spacial score (nSPS) is 13.6. The lowest BCUT2D eigenvalue weighted by molar-refractivity contribution is 0.0734. The molecular formula is C27H24ClNO4. The molecule has 0 saturated carbocycles. The molecule has 3 aromatic carbocycles. The Balaban J connectivity index is 1.54. The first-order valence-electron chi connectivity index (χ1n) is 10.8. The quantitative estimate of drug-likeness (QED) is 0.244. The molecule has 0 unspecified atom stereocenters. The van der Waals surface area contributed by atoms with Crippen molar-refractivity contribution >= 4 is 35.1 Å². The molecule has 0 aromatic heterocycles. The molecule has 0 fully saturated rings. The van der Waals surface area contributed by atoms with Crippen molar-refractivity contribution in [2.24, 2.45) is 0 Å². The van der Waals surface area contributed by atoms with Crippen LogP contribution in [0, 0.1) is 6.92 Å². The number of ether oxygens (including phenoxy) is 2. The number of nitrogens with zero attached hydrogens (tertiary/aromatic N) is 1. The third-order valence-corrected chi connectivity index (χ3v) is 5.81. The third kappa shape index (κ3) is 4.78. The summed E-state index contributed by atoms with van der Waals surface area (Å²) in [6.07, 6.45) is 1.73. The minimum absolute atomic E-state index is 0.189. The molecule has 0 N–H and O–H groups in total. The predicted molar refractivity (Wildman–Crippen MR) is 131 cm³/mol. The van der Waals surface area contributed by atoms with Crippen molar-refractivity contribution in [3.63, 3.8) is 0 Å². The van der Waals surface area contributed by atoms with Crippen molar-refractivity contribution in [1.82, 2.24) is 0 Å². The Morgan fingerprint density at radius 2 is 1.70 bits per heavy atom. The van der Waals surface area contributed by atoms with E-state index >= 15 is 0 Å². The van der Waals surface area contributed by atoms with E-state index in [2.05, 4.69) is 18.7 Å². The number of rotatable bonds is 6. The molecule has 0 radical (unpaired) electrons. The van der Waals surface area contributed by atoms with E-state index in [1.165, 1.54) is 0 Å². The van der Waals surface area contributed by atoms with Crippen molar-refractivity contribution in [3.8, 4) is 11.5 Å². The fourth-order valence-electron chi connectivity index (χ4n) is 3.81. The minimum Gasteiger partial charge on any atom is -0.452 e. The van der Waals surface area contributed by atoms with Gasteiger partial charge in [0.25, 0.3) is 0 Å². The number of hydrogen-bond donors (Lipinski definition) is 0. The van der Waals surface area contributed by atoms with Crippen LogP contribution in [0.15, 0.2) is 66.4 Å². The van der Waals surface area contributed by atoms with Crippen molar-refractivity contribution in [3.05, 3.63) is 93.7 Å². The zero-order valence-corrected chi connectivity index (χ0v) is 19.5. The van der Waals surface area contributed by atoms with Gasteiger partial charge in [0, 0.05) is 29.9 Å². The summed E-state index contributed by atoms with van der Waals surface area (Å²) in [4.78, 5) is 27.6. The number of fused-ring (bicyclic) bond motifs is 1. The van der Waals surface area contributed by atoms with Gasteiger partial charge in [-0.25, -0.2) is 4.79 Å². The van der Waals surface area contributed by atoms with Crippen LogP contribution < -0.4 is 14.4 Å². The molecule has 0 aliphatic carbocycles. The Bertz CT molecular complexity index is 1230. The highest BCUT2D eigenvalue weighted by molar-refractivity contribution is 6.30. The number of benzene rings is 3. The molecule has 0 atom stereocenters. The smallest absolute Gasteiger partial charge is 0.343 e. The second kappa shape index (κ2) is 9.51. The van der Waals surface area contributed by atoms with Gasteiger partial charge in [0.15, 0.2) is 5.76 Å². The molecule has 6 heteroatoms. The van der Waals surface area contributed by atoms with Gasteiger partial charge in [0.2, 0.25) is 5.78 Å². The number of hydrogen-bond acceptors (Lipinski definition) is 5. The van der Waals surface area contributed by atoms with Gasteiger partial charge in [0.1, 0.15) is 11.5 Å². The van der Waals surface area contributed by atoms with Crippen LogP contribution in [0.3, 0.4) is 0 Å². The Morgan fingerprint density at radius 1 is 1.03 bits per heavy atom. The first-order valence-corrected chi connectivity index (χ1v) is 11.2. The van der Waals surface area contributed by atoms with Crippen LogP contribution in [-0.4, -0.2) is 24.8 Å². The number of anilines is 1. The Labute approximate surface area is 198 Å². The summed E-state index contributed by atoms with van der Waals surface area (Å²) in [7, 11) is 0. The number of ketones is 1. The lowest BCUT2D eigenvalue weighted by Crippen LogP contribution is -2.21. The lowest BCUT2D eigenvalue weighted by atomic mass is 10.0. The van der Waals surface area contributed by atoms with E-state index in [0.29, 0.717) is 33.2 Å². The van der Waals surface area contributed by atoms with Gasteiger partial charge in [-0.05, 0) is 80.4 Å². The molecule has 0 amide bonds. The summed E-state index contributed by atoms with van der Waals surface area (Å²) in [5.41, 5.74) is 3.54. The van der Waals surface area contributed by atoms with Gasteiger partial charge in [-0.1, -0.05) is 23.7 Å². The molecule has 4 rings (SSSR count). The van der Waals surface area contributed by atoms with E-state index in [-0.39, 0.29) is 11.5 Å². The summed E-state index contributed by atoms with van der Waals surface area (Å²) >= 11 is 5.87. The van der Waals surface area contributed by atoms with E-state index in [1.54, 1.807) is 49.4 Å². The van der Waals surface area contributed by atoms with Crippen molar-refractivity contribution in [1.29, 1.82) is 0 Å². The summed E-state index contributed by atoms with van der Waals surface area (Å²) in [6, 6.07) is 17.7. The summed E-state index contributed by atoms with van der Waals surface area (Å²) in [5, 5.41) is 0.536. The maximum Gasteiger partial charge on any atom is 0.343 e. The molecule has 0 bridgehead atoms. The SMILES string of the molecule is CCN(CC)c1ccc(/C=C2\Oc3cc(OC(=O)c4ccc(Cl)cc4)cc(C)c3C2=O)cc1. The second-order valence-corrected chi connectivity index (χ2v) is 8.15. The molecule has 1 aliphatic rings. The van der Waals surface area contributed by atoms with Gasteiger partial charge < -0.3 is 14.4 Å². The zero-order chi connectivity index (χ0) is 23.5. The van der Waals surface area contributed by atoms with Gasteiger partial charge in [-0.3, -0.25) is 4.79 Å². The number of allylic oxidation sites excluding steroid dienone is 1. The summed E-state index contributed by atoms with van der Waals surface area (Å²) in [6.45, 7) is 7.88. The van der Waals surface area contributed by atoms with Gasteiger partial charge in [-0.2, -0.15) is 0 Å². The summed E-state index contributed by atoms with van der Waals surface area (Å²) in [5.74, 6) is 0.226. The van der Waals surface area contributed by atoms with Crippen LogP contribution >= 0.6 is 11.6 Å². The number of aryl methyl sites for hydroxylation is 1. The van der Waals surface area contributed by atoms with Gasteiger partial charge in [0.05, 0.1) is 11.1 Å². The van der Waals surface area contributed by atoms with Crippen LogP contribution in [0.25, 0.3) is 6.08 Å². The van der Waals surface area contributed by atoms with Gasteiger partial charge in [-0.15, -0.1) is 0 Å². The number of halogens is 1. The number of esters is 1. The monoisotopic (exact) mass is 461 g/mol. The molecule has 168 valence electrons. The Kier molecular flexibility index (Phi) is 6.52. The average Bonchev–Trinajstić information content (AvgIpc) is 3.11. The minimum atomic E-state index is -0.514. The van der Waals surface area contributed by atoms with Crippen LogP contribution in [0.1, 0.15) is 45.7 Å². The number of Topliss-reactive ketones (excluding diaryl/α,β-unsaturated/α-hetero) is 1. The highest BCUT2D eigenvalue weighted by atomic mass is 35.5. The first kappa shape index (κ1) is 22.6. The third-order valence-electron chi connectivity index (χ3n) is 5.55. The first-order chi connectivity index (χ1) is 15.9. The molecule has 3 aromatic rings. The van der Waals surface area contributed by atoms with Crippen molar-refractivity contribution < 1.29 is 19.1 Å². The highest BCUT2D eigenvalue weighted by Gasteiger charge is 2.30. The molecule has 5 nitrogen and oxygen atoms in total. The topological polar surface area (TPSA) is 55.8 Å². The van der Waals surface area contributed by atoms with E-state index < -0.39 is 5.97 Å². The maximum absolute atomic E-state index is 13.0. The second-order valence-electron chi connectivity index (χ2n) is 7.71. The van der Waals surface area contributed by atoms with Crippen molar-refractivity contribution in [2.45, 2.75) is 20.8 Å². The summed E-state index contributed by atoms with van der Waals surface area (Å²) < 4.78 is 11.4. The van der Waals surface area contributed by atoms with E-state index in [0.717, 1.165) is 24.3 Å². The van der Waals surface area contributed by atoms with E-state index in [4.69, 9.17) is 21.1 Å². The van der Waals surface area contributed by atoms with Gasteiger partial charge >= 0.3 is 5.97 Å². The Morgan fingerprint density at radius 3 is 2.33 bits per heavy atom. The maximum atomic E-state index is 13.0. The lowest BCUT2D eigenvalue weighted by Gasteiger charge is -2.20. The van der Waals surface area contributed by atoms with Crippen molar-refractivity contribution in [2.75, 3.05) is 18.0 Å². The van der Waals surface area contributed by atoms with Crippen LogP contribution in [0.2, 0.25) is 5.02 Å². The van der Waals surface area contributed by atoms with E-state index in [9.17, 15) is 9.59 Å². The highest BCUT2D eigenvalue weighted by Crippen LogP contribution is 2.37. The standard InChI is InChI=1S/C27H24ClNO4/c1-4-29(5-2)21-12-6-18(7-13-21)15-24-26(30)25-17(3)14-22(16-23(25)33-24)32-27(31)19-8-10-20(28)11-9-19/h6-16H,4-5H2,1-3H3/b24-15-. The molecular weight excluding hydrogens is 438 g/mol. The van der Waals surface area contributed by atoms with Crippen LogP contribution in [-0.2, 0) is 0 Å².